The van der Waals surface area contributed by atoms with Crippen LogP contribution < -0.4 is 0 Å². The van der Waals surface area contributed by atoms with Crippen LogP contribution in [0.15, 0.2) is 30.6 Å². The molecule has 0 aromatic carbocycles. The highest BCUT2D eigenvalue weighted by Gasteiger charge is 2.35. The zero-order valence-corrected chi connectivity index (χ0v) is 14.2. The molecule has 0 N–H and O–H groups in total. The minimum atomic E-state index is -2.51. The van der Waals surface area contributed by atoms with E-state index in [9.17, 15) is 8.78 Å². The molecule has 0 amide bonds. The highest BCUT2D eigenvalue weighted by Crippen LogP contribution is 2.40. The van der Waals surface area contributed by atoms with Gasteiger partial charge in [-0.15, -0.1) is 0 Å². The number of hydrogen-bond donors (Lipinski definition) is 0. The molecule has 1 atom stereocenters. The van der Waals surface area contributed by atoms with Crippen molar-refractivity contribution in [2.24, 2.45) is 0 Å². The van der Waals surface area contributed by atoms with Gasteiger partial charge in [0.2, 0.25) is 5.92 Å². The van der Waals surface area contributed by atoms with Gasteiger partial charge in [-0.1, -0.05) is 0 Å². The number of pyridine rings is 1. The second-order valence-electron chi connectivity index (χ2n) is 7.10. The maximum Gasteiger partial charge on any atom is 0.248 e. The van der Waals surface area contributed by atoms with E-state index in [1.807, 2.05) is 29.1 Å². The normalized spacial score (nSPS) is 24.3. The van der Waals surface area contributed by atoms with Crippen LogP contribution in [0, 0.1) is 0 Å². The van der Waals surface area contributed by atoms with Crippen molar-refractivity contribution in [2.75, 3.05) is 6.61 Å². The molecule has 2 fully saturated rings. The summed E-state index contributed by atoms with van der Waals surface area (Å²) in [7, 11) is 0. The number of alkyl halides is 2. The number of nitrogens with zero attached hydrogens (tertiary/aromatic N) is 3. The Hall–Kier alpha value is -1.82. The first-order chi connectivity index (χ1) is 12.1. The van der Waals surface area contributed by atoms with E-state index in [-0.39, 0.29) is 25.0 Å². The van der Waals surface area contributed by atoms with Crippen molar-refractivity contribution in [3.63, 3.8) is 0 Å². The van der Waals surface area contributed by atoms with Crippen LogP contribution in [0.25, 0.3) is 11.3 Å². The SMILES string of the molecule is FC1(F)CCC(c2cc(-c3ccn(C4CCCCO4)n3)ccn2)CC1. The van der Waals surface area contributed by atoms with Crippen LogP contribution >= 0.6 is 0 Å². The van der Waals surface area contributed by atoms with Crippen molar-refractivity contribution in [3.8, 4) is 11.3 Å². The molecule has 1 aliphatic heterocycles. The zero-order valence-electron chi connectivity index (χ0n) is 14.2. The lowest BCUT2D eigenvalue weighted by atomic mass is 9.84. The van der Waals surface area contributed by atoms with E-state index in [1.54, 1.807) is 6.20 Å². The van der Waals surface area contributed by atoms with Crippen LogP contribution in [0.5, 0.6) is 0 Å². The Morgan fingerprint density at radius 2 is 1.96 bits per heavy atom. The number of rotatable bonds is 3. The summed E-state index contributed by atoms with van der Waals surface area (Å²) in [6.07, 6.45) is 7.88. The number of aromatic nitrogens is 3. The molecular weight excluding hydrogens is 324 g/mol. The van der Waals surface area contributed by atoms with Crippen molar-refractivity contribution in [2.45, 2.75) is 63.0 Å². The molecule has 25 heavy (non-hydrogen) atoms. The largest absolute Gasteiger partial charge is 0.357 e. The second-order valence-corrected chi connectivity index (χ2v) is 7.10. The molecule has 1 unspecified atom stereocenters. The van der Waals surface area contributed by atoms with E-state index in [1.165, 1.54) is 0 Å². The van der Waals surface area contributed by atoms with E-state index < -0.39 is 5.92 Å². The Labute approximate surface area is 146 Å². The molecule has 134 valence electrons. The van der Waals surface area contributed by atoms with Crippen molar-refractivity contribution < 1.29 is 13.5 Å². The Morgan fingerprint density at radius 3 is 2.72 bits per heavy atom. The highest BCUT2D eigenvalue weighted by atomic mass is 19.3. The smallest absolute Gasteiger partial charge is 0.248 e. The van der Waals surface area contributed by atoms with Crippen LogP contribution in [0.2, 0.25) is 0 Å². The van der Waals surface area contributed by atoms with E-state index >= 15 is 0 Å². The second kappa shape index (κ2) is 6.83. The van der Waals surface area contributed by atoms with Crippen LogP contribution in [-0.4, -0.2) is 27.3 Å². The predicted molar refractivity (Wildman–Crippen MR) is 90.5 cm³/mol. The molecule has 1 aliphatic carbocycles. The van der Waals surface area contributed by atoms with Crippen LogP contribution in [0.3, 0.4) is 0 Å². The minimum absolute atomic E-state index is 0.0179. The van der Waals surface area contributed by atoms with Crippen molar-refractivity contribution in [3.05, 3.63) is 36.3 Å². The summed E-state index contributed by atoms with van der Waals surface area (Å²) in [6, 6.07) is 5.91. The topological polar surface area (TPSA) is 39.9 Å². The monoisotopic (exact) mass is 347 g/mol. The maximum absolute atomic E-state index is 13.4. The van der Waals surface area contributed by atoms with Gasteiger partial charge in [0.1, 0.15) is 6.23 Å². The third-order valence-corrected chi connectivity index (χ3v) is 5.27. The third kappa shape index (κ3) is 3.73. The van der Waals surface area contributed by atoms with Gasteiger partial charge < -0.3 is 4.74 Å². The van der Waals surface area contributed by atoms with Gasteiger partial charge in [-0.05, 0) is 50.3 Å². The third-order valence-electron chi connectivity index (χ3n) is 5.27. The van der Waals surface area contributed by atoms with E-state index in [0.717, 1.165) is 42.8 Å². The molecule has 0 radical (unpaired) electrons. The summed E-state index contributed by atoms with van der Waals surface area (Å²) in [6.45, 7) is 0.783. The maximum atomic E-state index is 13.4. The lowest BCUT2D eigenvalue weighted by molar-refractivity contribution is -0.0393. The molecule has 4 rings (SSSR count). The van der Waals surface area contributed by atoms with Gasteiger partial charge in [-0.25, -0.2) is 13.5 Å². The first-order valence-electron chi connectivity index (χ1n) is 9.12. The van der Waals surface area contributed by atoms with Gasteiger partial charge in [-0.2, -0.15) is 5.10 Å². The lowest BCUT2D eigenvalue weighted by Crippen LogP contribution is -2.24. The van der Waals surface area contributed by atoms with Gasteiger partial charge in [0, 0.05) is 49.0 Å². The summed E-state index contributed by atoms with van der Waals surface area (Å²) in [5.41, 5.74) is 2.76. The summed E-state index contributed by atoms with van der Waals surface area (Å²) >= 11 is 0. The number of hydrogen-bond acceptors (Lipinski definition) is 3. The van der Waals surface area contributed by atoms with Crippen molar-refractivity contribution in [1.29, 1.82) is 0 Å². The molecule has 4 nitrogen and oxygen atoms in total. The van der Waals surface area contributed by atoms with Crippen molar-refractivity contribution in [1.82, 2.24) is 14.8 Å². The molecule has 2 aromatic rings. The summed E-state index contributed by atoms with van der Waals surface area (Å²) in [4.78, 5) is 4.43. The molecule has 0 bridgehead atoms. The highest BCUT2D eigenvalue weighted by molar-refractivity contribution is 5.58. The van der Waals surface area contributed by atoms with Crippen LogP contribution in [-0.2, 0) is 4.74 Å². The first kappa shape index (κ1) is 16.6. The molecule has 2 aliphatic rings. The first-order valence-corrected chi connectivity index (χ1v) is 9.12. The quantitative estimate of drug-likeness (QED) is 0.790. The van der Waals surface area contributed by atoms with E-state index in [0.29, 0.717) is 12.8 Å². The summed E-state index contributed by atoms with van der Waals surface area (Å²) < 4.78 is 34.4. The zero-order chi connectivity index (χ0) is 17.3. The fourth-order valence-electron chi connectivity index (χ4n) is 3.75. The van der Waals surface area contributed by atoms with Crippen molar-refractivity contribution >= 4 is 0 Å². The Kier molecular flexibility index (Phi) is 4.54. The Balaban J connectivity index is 1.51. The molecule has 0 spiro atoms. The van der Waals surface area contributed by atoms with E-state index in [4.69, 9.17) is 4.74 Å². The van der Waals surface area contributed by atoms with E-state index in [2.05, 4.69) is 10.1 Å². The summed E-state index contributed by atoms with van der Waals surface area (Å²) in [5.74, 6) is -2.39. The lowest BCUT2D eigenvalue weighted by Gasteiger charge is -2.27. The van der Waals surface area contributed by atoms with Gasteiger partial charge in [0.25, 0.3) is 0 Å². The fourth-order valence-corrected chi connectivity index (χ4v) is 3.75. The van der Waals surface area contributed by atoms with Gasteiger partial charge in [-0.3, -0.25) is 4.98 Å². The fraction of sp³-hybridized carbons (Fsp3) is 0.579. The van der Waals surface area contributed by atoms with Gasteiger partial charge in [0.05, 0.1) is 5.69 Å². The molecule has 1 saturated carbocycles. The molecule has 3 heterocycles. The Morgan fingerprint density at radius 1 is 1.12 bits per heavy atom. The average Bonchev–Trinajstić information content (AvgIpc) is 3.13. The molecule has 2 aromatic heterocycles. The predicted octanol–water partition coefficient (Wildman–Crippen LogP) is 4.94. The standard InChI is InChI=1S/C19H23F2N3O/c20-19(21)8-4-14(5-9-19)17-13-15(6-10-22-17)16-7-11-24(23-16)18-3-1-2-12-25-18/h6-7,10-11,13-14,18H,1-5,8-9,12H2. The van der Waals surface area contributed by atoms with Crippen LogP contribution in [0.1, 0.15) is 62.8 Å². The summed E-state index contributed by atoms with van der Waals surface area (Å²) in [5, 5.41) is 4.66. The Bertz CT molecular complexity index is 715. The molecule has 1 saturated heterocycles. The number of ether oxygens (including phenoxy) is 1. The van der Waals surface area contributed by atoms with Gasteiger partial charge in [0.15, 0.2) is 0 Å². The molecule has 6 heteroatoms. The molecular formula is C19H23F2N3O. The van der Waals surface area contributed by atoms with Crippen LogP contribution in [0.4, 0.5) is 8.78 Å². The average molecular weight is 347 g/mol. The minimum Gasteiger partial charge on any atom is -0.357 e. The number of halogens is 2. The van der Waals surface area contributed by atoms with Gasteiger partial charge >= 0.3 is 0 Å².